The minimum absolute atomic E-state index is 0.127. The molecule has 0 aliphatic rings. The molecule has 2 N–H and O–H groups in total. The molecule has 4 rings (SSSR count). The summed E-state index contributed by atoms with van der Waals surface area (Å²) < 4.78 is 20.3. The van der Waals surface area contributed by atoms with Crippen LogP contribution in [0.25, 0.3) is 11.1 Å². The van der Waals surface area contributed by atoms with E-state index < -0.39 is 0 Å². The fourth-order valence-corrected chi connectivity index (χ4v) is 3.42. The fourth-order valence-electron chi connectivity index (χ4n) is 3.42. The number of para-hydroxylation sites is 1. The van der Waals surface area contributed by atoms with E-state index in [1.54, 1.807) is 13.1 Å². The number of halogens is 1. The van der Waals surface area contributed by atoms with E-state index in [0.717, 1.165) is 22.5 Å². The Bertz CT molecular complexity index is 1190. The molecule has 0 aliphatic carbocycles. The van der Waals surface area contributed by atoms with Gasteiger partial charge in [-0.25, -0.2) is 9.38 Å². The van der Waals surface area contributed by atoms with Gasteiger partial charge in [0.15, 0.2) is 5.96 Å². The van der Waals surface area contributed by atoms with Crippen LogP contribution in [0.5, 0.6) is 0 Å². The average Bonchev–Trinajstić information content (AvgIpc) is 3.31. The minimum Gasteiger partial charge on any atom is -0.360 e. The van der Waals surface area contributed by atoms with E-state index in [9.17, 15) is 4.39 Å². The molecule has 0 aliphatic heterocycles. The summed E-state index contributed by atoms with van der Waals surface area (Å²) in [7, 11) is 1.80. The molecule has 0 saturated carbocycles. The SMILES string of the molecule is CN/C(=N\c1ccccc1)NCc1cc(C(C)c2ccc(-c3ccccc3)c(F)c2)on1. The summed E-state index contributed by atoms with van der Waals surface area (Å²) in [5.74, 6) is 0.933. The van der Waals surface area contributed by atoms with E-state index in [1.165, 1.54) is 0 Å². The first-order valence-electron chi connectivity index (χ1n) is 10.5. The first-order chi connectivity index (χ1) is 15.6. The van der Waals surface area contributed by atoms with Crippen molar-refractivity contribution < 1.29 is 8.91 Å². The smallest absolute Gasteiger partial charge is 0.196 e. The van der Waals surface area contributed by atoms with Gasteiger partial charge in [0.2, 0.25) is 0 Å². The van der Waals surface area contributed by atoms with Crippen LogP contribution in [0.2, 0.25) is 0 Å². The largest absolute Gasteiger partial charge is 0.360 e. The lowest BCUT2D eigenvalue weighted by Crippen LogP contribution is -2.34. The van der Waals surface area contributed by atoms with Crippen molar-refractivity contribution in [1.29, 1.82) is 0 Å². The molecule has 0 spiro atoms. The Balaban J connectivity index is 1.44. The second-order valence-corrected chi connectivity index (χ2v) is 7.45. The molecule has 0 bridgehead atoms. The Morgan fingerprint density at radius 3 is 2.41 bits per heavy atom. The summed E-state index contributed by atoms with van der Waals surface area (Å²) in [4.78, 5) is 4.52. The highest BCUT2D eigenvalue weighted by molar-refractivity contribution is 5.82. The van der Waals surface area contributed by atoms with Crippen LogP contribution in [0.15, 0.2) is 94.4 Å². The van der Waals surface area contributed by atoms with E-state index in [4.69, 9.17) is 4.52 Å². The van der Waals surface area contributed by atoms with Gasteiger partial charge in [0.1, 0.15) is 17.3 Å². The summed E-state index contributed by atoms with van der Waals surface area (Å²) in [6.45, 7) is 2.43. The van der Waals surface area contributed by atoms with Crippen LogP contribution in [0.3, 0.4) is 0 Å². The first kappa shape index (κ1) is 21.3. The van der Waals surface area contributed by atoms with Gasteiger partial charge in [-0.1, -0.05) is 72.7 Å². The number of aromatic nitrogens is 1. The number of guanidine groups is 1. The zero-order valence-electron chi connectivity index (χ0n) is 18.0. The van der Waals surface area contributed by atoms with Crippen molar-refractivity contribution in [3.05, 3.63) is 108 Å². The highest BCUT2D eigenvalue weighted by atomic mass is 19.1. The normalized spacial score (nSPS) is 12.4. The maximum absolute atomic E-state index is 14.8. The number of hydrogen-bond acceptors (Lipinski definition) is 3. The van der Waals surface area contributed by atoms with Crippen LogP contribution in [0, 0.1) is 5.82 Å². The molecule has 1 heterocycles. The third-order valence-corrected chi connectivity index (χ3v) is 5.25. The number of rotatable bonds is 6. The van der Waals surface area contributed by atoms with Crippen LogP contribution in [-0.2, 0) is 6.54 Å². The zero-order chi connectivity index (χ0) is 22.3. The predicted octanol–water partition coefficient (Wildman–Crippen LogP) is 5.63. The molecule has 5 nitrogen and oxygen atoms in total. The summed E-state index contributed by atoms with van der Waals surface area (Å²) in [6.07, 6.45) is 0. The van der Waals surface area contributed by atoms with Crippen LogP contribution in [0.4, 0.5) is 10.1 Å². The molecule has 4 aromatic rings. The molecule has 0 amide bonds. The van der Waals surface area contributed by atoms with Crippen molar-refractivity contribution >= 4 is 11.6 Å². The molecule has 1 aromatic heterocycles. The summed E-state index contributed by atoms with van der Waals surface area (Å²) in [5.41, 5.74) is 3.86. The number of nitrogens with one attached hydrogen (secondary N) is 2. The summed E-state index contributed by atoms with van der Waals surface area (Å²) in [6, 6.07) is 26.4. The van der Waals surface area contributed by atoms with Crippen molar-refractivity contribution in [2.45, 2.75) is 19.4 Å². The molecule has 32 heavy (non-hydrogen) atoms. The maximum atomic E-state index is 14.8. The van der Waals surface area contributed by atoms with E-state index >= 15 is 0 Å². The Morgan fingerprint density at radius 1 is 1.00 bits per heavy atom. The number of nitrogens with zero attached hydrogens (tertiary/aromatic N) is 2. The average molecular weight is 429 g/mol. The quantitative estimate of drug-likeness (QED) is 0.309. The minimum atomic E-state index is -0.252. The second-order valence-electron chi connectivity index (χ2n) is 7.45. The van der Waals surface area contributed by atoms with Crippen molar-refractivity contribution in [1.82, 2.24) is 15.8 Å². The third-order valence-electron chi connectivity index (χ3n) is 5.25. The molecular weight excluding hydrogens is 403 g/mol. The topological polar surface area (TPSA) is 62.5 Å². The van der Waals surface area contributed by atoms with Gasteiger partial charge in [-0.2, -0.15) is 0 Å². The fraction of sp³-hybridized carbons (Fsp3) is 0.154. The van der Waals surface area contributed by atoms with Crippen molar-refractivity contribution in [2.75, 3.05) is 7.05 Å². The highest BCUT2D eigenvalue weighted by Gasteiger charge is 2.17. The summed E-state index contributed by atoms with van der Waals surface area (Å²) >= 11 is 0. The lowest BCUT2D eigenvalue weighted by molar-refractivity contribution is 0.369. The second kappa shape index (κ2) is 9.92. The molecule has 1 unspecified atom stereocenters. The molecule has 0 fully saturated rings. The number of hydrogen-bond donors (Lipinski definition) is 2. The lowest BCUT2D eigenvalue weighted by atomic mass is 9.95. The molecule has 0 saturated heterocycles. The van der Waals surface area contributed by atoms with Crippen molar-refractivity contribution in [3.8, 4) is 11.1 Å². The Morgan fingerprint density at radius 2 is 1.72 bits per heavy atom. The first-order valence-corrected chi connectivity index (χ1v) is 10.5. The van der Waals surface area contributed by atoms with Gasteiger partial charge in [-0.3, -0.25) is 0 Å². The van der Waals surface area contributed by atoms with E-state index in [-0.39, 0.29) is 11.7 Å². The van der Waals surface area contributed by atoms with Gasteiger partial charge in [-0.05, 0) is 29.3 Å². The predicted molar refractivity (Wildman–Crippen MR) is 125 cm³/mol. The van der Waals surface area contributed by atoms with Gasteiger partial charge in [0, 0.05) is 24.6 Å². The molecule has 1 atom stereocenters. The van der Waals surface area contributed by atoms with Gasteiger partial charge in [0.25, 0.3) is 0 Å². The standard InChI is InChI=1S/C26H25FN4O/c1-18(20-13-14-23(24(27)15-20)19-9-5-3-6-10-19)25-16-22(31-32-25)17-29-26(28-2)30-21-11-7-4-8-12-21/h3-16,18H,17H2,1-2H3,(H2,28,29,30). The third kappa shape index (κ3) is 5.03. The van der Waals surface area contributed by atoms with E-state index in [2.05, 4.69) is 20.8 Å². The van der Waals surface area contributed by atoms with Gasteiger partial charge in [0.05, 0.1) is 12.2 Å². The molecule has 3 aromatic carbocycles. The monoisotopic (exact) mass is 428 g/mol. The number of benzene rings is 3. The molecule has 6 heteroatoms. The van der Waals surface area contributed by atoms with Crippen LogP contribution < -0.4 is 10.6 Å². The maximum Gasteiger partial charge on any atom is 0.196 e. The van der Waals surface area contributed by atoms with Crippen molar-refractivity contribution in [3.63, 3.8) is 0 Å². The van der Waals surface area contributed by atoms with Crippen LogP contribution in [-0.4, -0.2) is 18.2 Å². The zero-order valence-corrected chi connectivity index (χ0v) is 18.0. The summed E-state index contributed by atoms with van der Waals surface area (Å²) in [5, 5.41) is 10.4. The van der Waals surface area contributed by atoms with Crippen LogP contribution in [0.1, 0.15) is 29.9 Å². The van der Waals surface area contributed by atoms with Gasteiger partial charge in [-0.15, -0.1) is 0 Å². The van der Waals surface area contributed by atoms with Gasteiger partial charge >= 0.3 is 0 Å². The molecule has 0 radical (unpaired) electrons. The molecular formula is C26H25FN4O. The molecule has 162 valence electrons. The van der Waals surface area contributed by atoms with E-state index in [1.807, 2.05) is 85.8 Å². The lowest BCUT2D eigenvalue weighted by Gasteiger charge is -2.11. The van der Waals surface area contributed by atoms with Crippen molar-refractivity contribution in [2.24, 2.45) is 4.99 Å². The van der Waals surface area contributed by atoms with Crippen LogP contribution >= 0.6 is 0 Å². The Kier molecular flexibility index (Phi) is 6.60. The van der Waals surface area contributed by atoms with Gasteiger partial charge < -0.3 is 15.2 Å². The highest BCUT2D eigenvalue weighted by Crippen LogP contribution is 2.29. The Hall–Kier alpha value is -3.93. The van der Waals surface area contributed by atoms with E-state index in [0.29, 0.717) is 23.8 Å². The Labute approximate surface area is 187 Å². The number of aliphatic imine (C=N–C) groups is 1.